The number of rotatable bonds is 3. The molecule has 0 fully saturated rings. The fourth-order valence-electron chi connectivity index (χ4n) is 1.05. The molecule has 0 saturated heterocycles. The zero-order chi connectivity index (χ0) is 10.7. The monoisotopic (exact) mass is 259 g/mol. The summed E-state index contributed by atoms with van der Waals surface area (Å²) in [6, 6.07) is 5.82. The van der Waals surface area contributed by atoms with Crippen molar-refractivity contribution in [3.8, 4) is 0 Å². The average molecular weight is 260 g/mol. The van der Waals surface area contributed by atoms with Gasteiger partial charge in [0, 0.05) is 16.3 Å². The summed E-state index contributed by atoms with van der Waals surface area (Å²) in [5.41, 5.74) is 0.553. The second kappa shape index (κ2) is 4.52. The third-order valence-electron chi connectivity index (χ3n) is 2.00. The maximum absolute atomic E-state index is 10.4. The fourth-order valence-corrected chi connectivity index (χ4v) is 1.32. The van der Waals surface area contributed by atoms with Gasteiger partial charge in [-0.3, -0.25) is 10.1 Å². The van der Waals surface area contributed by atoms with Gasteiger partial charge in [0.15, 0.2) is 0 Å². The molecule has 0 aliphatic carbocycles. The van der Waals surface area contributed by atoms with Crippen molar-refractivity contribution in [3.63, 3.8) is 0 Å². The van der Waals surface area contributed by atoms with Crippen molar-refractivity contribution in [1.29, 1.82) is 0 Å². The fraction of sp³-hybridized carbons (Fsp3) is 0.333. The van der Waals surface area contributed by atoms with Gasteiger partial charge in [-0.05, 0) is 17.7 Å². The molecule has 1 rings (SSSR count). The summed E-state index contributed by atoms with van der Waals surface area (Å²) in [5.74, 6) is 0. The van der Waals surface area contributed by atoms with Crippen LogP contribution in [0.4, 0.5) is 0 Å². The van der Waals surface area contributed by atoms with E-state index < -0.39 is 17.1 Å². The molecule has 0 aromatic heterocycles. The molecule has 14 heavy (non-hydrogen) atoms. The van der Waals surface area contributed by atoms with E-state index in [2.05, 4.69) is 15.9 Å². The van der Waals surface area contributed by atoms with E-state index in [0.717, 1.165) is 4.47 Å². The first-order valence-electron chi connectivity index (χ1n) is 4.09. The lowest BCUT2D eigenvalue weighted by atomic mass is 10.0. The average Bonchev–Trinajstić information content (AvgIpc) is 2.16. The Morgan fingerprint density at radius 3 is 2.36 bits per heavy atom. The second-order valence-corrected chi connectivity index (χ2v) is 3.94. The zero-order valence-electron chi connectivity index (χ0n) is 7.55. The first-order valence-corrected chi connectivity index (χ1v) is 4.88. The molecule has 1 aromatic carbocycles. The summed E-state index contributed by atoms with van der Waals surface area (Å²) in [6.07, 6.45) is -1.06. The number of hydrogen-bond donors (Lipinski definition) is 1. The highest BCUT2D eigenvalue weighted by atomic mass is 79.9. The van der Waals surface area contributed by atoms with Gasteiger partial charge in [0.1, 0.15) is 6.10 Å². The Bertz CT molecular complexity index is 325. The lowest BCUT2D eigenvalue weighted by Gasteiger charge is -2.12. The van der Waals surface area contributed by atoms with Crippen LogP contribution in [0.2, 0.25) is 0 Å². The predicted octanol–water partition coefficient (Wildman–Crippen LogP) is 2.15. The molecule has 2 unspecified atom stereocenters. The number of hydrogen-bond acceptors (Lipinski definition) is 3. The molecule has 2 atom stereocenters. The van der Waals surface area contributed by atoms with Crippen LogP contribution in [0.1, 0.15) is 18.6 Å². The van der Waals surface area contributed by atoms with Crippen molar-refractivity contribution in [2.24, 2.45) is 0 Å². The lowest BCUT2D eigenvalue weighted by molar-refractivity contribution is -0.531. The number of benzene rings is 1. The molecule has 0 saturated carbocycles. The Balaban J connectivity index is 2.84. The third-order valence-corrected chi connectivity index (χ3v) is 2.53. The number of aliphatic hydroxyl groups excluding tert-OH is 1. The molecule has 5 heteroatoms. The van der Waals surface area contributed by atoms with Gasteiger partial charge in [0.05, 0.1) is 0 Å². The minimum atomic E-state index is -1.06. The van der Waals surface area contributed by atoms with Crippen molar-refractivity contribution in [2.45, 2.75) is 19.1 Å². The summed E-state index contributed by atoms with van der Waals surface area (Å²) < 4.78 is 0.877. The van der Waals surface area contributed by atoms with Crippen molar-refractivity contribution in [2.75, 3.05) is 0 Å². The second-order valence-electron chi connectivity index (χ2n) is 3.02. The Morgan fingerprint density at radius 2 is 1.93 bits per heavy atom. The van der Waals surface area contributed by atoms with Gasteiger partial charge in [-0.15, -0.1) is 0 Å². The van der Waals surface area contributed by atoms with Crippen molar-refractivity contribution < 1.29 is 10.0 Å². The van der Waals surface area contributed by atoms with Gasteiger partial charge in [0.25, 0.3) is 0 Å². The largest absolute Gasteiger partial charge is 0.381 e. The maximum atomic E-state index is 10.4. The van der Waals surface area contributed by atoms with Crippen LogP contribution >= 0.6 is 15.9 Å². The van der Waals surface area contributed by atoms with Gasteiger partial charge in [-0.2, -0.15) is 0 Å². The van der Waals surface area contributed by atoms with Crippen LogP contribution in [0.25, 0.3) is 0 Å². The number of nitrogens with zero attached hydrogens (tertiary/aromatic N) is 1. The third kappa shape index (κ3) is 2.52. The zero-order valence-corrected chi connectivity index (χ0v) is 9.14. The Morgan fingerprint density at radius 1 is 1.43 bits per heavy atom. The van der Waals surface area contributed by atoms with Gasteiger partial charge in [-0.25, -0.2) is 0 Å². The van der Waals surface area contributed by atoms with Crippen molar-refractivity contribution in [3.05, 3.63) is 44.4 Å². The van der Waals surface area contributed by atoms with Gasteiger partial charge in [0.2, 0.25) is 6.04 Å². The van der Waals surface area contributed by atoms with E-state index in [0.29, 0.717) is 5.56 Å². The van der Waals surface area contributed by atoms with E-state index >= 15 is 0 Å². The minimum Gasteiger partial charge on any atom is -0.381 e. The van der Waals surface area contributed by atoms with Crippen LogP contribution in [-0.2, 0) is 0 Å². The Kier molecular flexibility index (Phi) is 3.60. The van der Waals surface area contributed by atoms with Gasteiger partial charge in [-0.1, -0.05) is 28.1 Å². The molecular formula is C9H10BrNO3. The summed E-state index contributed by atoms with van der Waals surface area (Å²) in [5, 5.41) is 20.0. The number of aliphatic hydroxyl groups is 1. The highest BCUT2D eigenvalue weighted by molar-refractivity contribution is 9.10. The van der Waals surface area contributed by atoms with E-state index in [1.807, 2.05) is 0 Å². The van der Waals surface area contributed by atoms with Gasteiger partial charge < -0.3 is 5.11 Å². The van der Waals surface area contributed by atoms with E-state index in [1.165, 1.54) is 6.92 Å². The van der Waals surface area contributed by atoms with E-state index in [-0.39, 0.29) is 0 Å². The summed E-state index contributed by atoms with van der Waals surface area (Å²) in [7, 11) is 0. The molecule has 0 aliphatic rings. The van der Waals surface area contributed by atoms with Crippen molar-refractivity contribution in [1.82, 2.24) is 0 Å². The molecule has 1 aromatic rings. The topological polar surface area (TPSA) is 63.4 Å². The molecule has 1 N–H and O–H groups in total. The summed E-state index contributed by atoms with van der Waals surface area (Å²) >= 11 is 3.25. The smallest absolute Gasteiger partial charge is 0.239 e. The molecule has 0 aliphatic heterocycles. The number of nitro groups is 1. The first kappa shape index (κ1) is 11.1. The van der Waals surface area contributed by atoms with E-state index in [4.69, 9.17) is 0 Å². The molecule has 0 amide bonds. The van der Waals surface area contributed by atoms with Crippen LogP contribution < -0.4 is 0 Å². The van der Waals surface area contributed by atoms with Crippen LogP contribution in [0.3, 0.4) is 0 Å². The SMILES string of the molecule is CC(C(O)c1ccc(Br)cc1)[N+](=O)[O-]. The summed E-state index contributed by atoms with van der Waals surface area (Å²) in [4.78, 5) is 9.92. The first-order chi connectivity index (χ1) is 6.52. The molecule has 4 nitrogen and oxygen atoms in total. The minimum absolute atomic E-state index is 0.493. The van der Waals surface area contributed by atoms with Crippen LogP contribution in [0.5, 0.6) is 0 Å². The van der Waals surface area contributed by atoms with E-state index in [9.17, 15) is 15.2 Å². The molecule has 0 heterocycles. The standard InChI is InChI=1S/C9H10BrNO3/c1-6(11(13)14)9(12)7-2-4-8(10)5-3-7/h2-6,9,12H,1H3. The quantitative estimate of drug-likeness (QED) is 0.669. The molecule has 0 radical (unpaired) electrons. The summed E-state index contributed by atoms with van der Waals surface area (Å²) in [6.45, 7) is 1.38. The highest BCUT2D eigenvalue weighted by Gasteiger charge is 2.25. The normalized spacial score (nSPS) is 14.8. The number of halogens is 1. The Labute approximate surface area is 89.8 Å². The van der Waals surface area contributed by atoms with Crippen molar-refractivity contribution >= 4 is 15.9 Å². The molecule has 0 bridgehead atoms. The van der Waals surface area contributed by atoms with Gasteiger partial charge >= 0.3 is 0 Å². The predicted molar refractivity (Wildman–Crippen MR) is 55.6 cm³/mol. The lowest BCUT2D eigenvalue weighted by Crippen LogP contribution is -2.23. The van der Waals surface area contributed by atoms with Crippen LogP contribution in [0.15, 0.2) is 28.7 Å². The van der Waals surface area contributed by atoms with E-state index in [1.54, 1.807) is 24.3 Å². The van der Waals surface area contributed by atoms with Crippen LogP contribution in [0, 0.1) is 10.1 Å². The molecule has 0 spiro atoms. The molecular weight excluding hydrogens is 250 g/mol. The highest BCUT2D eigenvalue weighted by Crippen LogP contribution is 2.20. The van der Waals surface area contributed by atoms with Crippen LogP contribution in [-0.4, -0.2) is 16.1 Å². The Hall–Kier alpha value is -0.940. The molecule has 76 valence electrons. The maximum Gasteiger partial charge on any atom is 0.239 e.